The van der Waals surface area contributed by atoms with Crippen LogP contribution in [0.25, 0.3) is 0 Å². The van der Waals surface area contributed by atoms with Crippen LogP contribution in [0, 0.1) is 3.57 Å². The van der Waals surface area contributed by atoms with Gasteiger partial charge in [-0.15, -0.1) is 6.58 Å². The number of carbonyl (C=O) groups excluding carboxylic acids is 1. The summed E-state index contributed by atoms with van der Waals surface area (Å²) in [7, 11) is 0. The monoisotopic (exact) mass is 365 g/mol. The number of rotatable bonds is 3. The Labute approximate surface area is 105 Å². The van der Waals surface area contributed by atoms with Gasteiger partial charge in [-0.1, -0.05) is 22.0 Å². The van der Waals surface area contributed by atoms with Crippen LogP contribution in [0.4, 0.5) is 0 Å². The molecule has 0 radical (unpaired) electrons. The molecule has 1 aromatic rings. The van der Waals surface area contributed by atoms with Crippen LogP contribution < -0.4 is 5.32 Å². The van der Waals surface area contributed by atoms with E-state index in [1.54, 1.807) is 12.1 Å². The molecule has 0 saturated heterocycles. The van der Waals surface area contributed by atoms with E-state index < -0.39 is 0 Å². The fourth-order valence-electron chi connectivity index (χ4n) is 0.932. The van der Waals surface area contributed by atoms with Crippen molar-refractivity contribution in [3.8, 4) is 0 Å². The van der Waals surface area contributed by atoms with Crippen molar-refractivity contribution in [1.29, 1.82) is 0 Å². The zero-order chi connectivity index (χ0) is 10.6. The summed E-state index contributed by atoms with van der Waals surface area (Å²) < 4.78 is 1.84. The van der Waals surface area contributed by atoms with Crippen LogP contribution in [0.5, 0.6) is 0 Å². The molecule has 1 N–H and O–H groups in total. The summed E-state index contributed by atoms with van der Waals surface area (Å²) in [5.41, 5.74) is 0.682. The Kier molecular flexibility index (Phi) is 4.60. The van der Waals surface area contributed by atoms with Gasteiger partial charge in [0.15, 0.2) is 0 Å². The van der Waals surface area contributed by atoms with Crippen molar-refractivity contribution < 1.29 is 4.79 Å². The van der Waals surface area contributed by atoms with Crippen molar-refractivity contribution in [3.63, 3.8) is 0 Å². The Morgan fingerprint density at radius 2 is 2.36 bits per heavy atom. The predicted molar refractivity (Wildman–Crippen MR) is 69.4 cm³/mol. The summed E-state index contributed by atoms with van der Waals surface area (Å²) in [6.07, 6.45) is 1.66. The topological polar surface area (TPSA) is 29.1 Å². The molecule has 0 unspecified atom stereocenters. The van der Waals surface area contributed by atoms with Crippen molar-refractivity contribution in [2.24, 2.45) is 0 Å². The third kappa shape index (κ3) is 3.09. The molecule has 0 bridgehead atoms. The molecule has 0 aromatic heterocycles. The van der Waals surface area contributed by atoms with Gasteiger partial charge in [0, 0.05) is 14.6 Å². The minimum absolute atomic E-state index is 0.0735. The second-order valence-corrected chi connectivity index (χ2v) is 4.70. The van der Waals surface area contributed by atoms with E-state index in [0.29, 0.717) is 12.1 Å². The van der Waals surface area contributed by atoms with E-state index in [1.807, 2.05) is 12.1 Å². The fourth-order valence-corrected chi connectivity index (χ4v) is 1.87. The van der Waals surface area contributed by atoms with Crippen molar-refractivity contribution in [2.75, 3.05) is 6.54 Å². The number of benzene rings is 1. The second kappa shape index (κ2) is 5.50. The first-order valence-corrected chi connectivity index (χ1v) is 5.86. The lowest BCUT2D eigenvalue weighted by Crippen LogP contribution is -2.24. The molecule has 2 nitrogen and oxygen atoms in total. The Balaban J connectivity index is 2.88. The molecule has 0 spiro atoms. The summed E-state index contributed by atoms with van der Waals surface area (Å²) in [5, 5.41) is 2.73. The van der Waals surface area contributed by atoms with Gasteiger partial charge in [0.05, 0.1) is 5.56 Å². The standard InChI is InChI=1S/C10H9BrINO/c1-2-5-13-10(14)8-6-7(11)3-4-9(8)12/h2-4,6H,1,5H2,(H,13,14). The van der Waals surface area contributed by atoms with Gasteiger partial charge in [-0.2, -0.15) is 0 Å². The van der Waals surface area contributed by atoms with Crippen LogP contribution in [0.1, 0.15) is 10.4 Å². The number of amides is 1. The molecule has 0 aliphatic heterocycles. The van der Waals surface area contributed by atoms with E-state index in [2.05, 4.69) is 50.4 Å². The minimum Gasteiger partial charge on any atom is -0.349 e. The molecule has 0 aliphatic carbocycles. The van der Waals surface area contributed by atoms with E-state index in [-0.39, 0.29) is 5.91 Å². The summed E-state index contributed by atoms with van der Waals surface area (Å²) >= 11 is 5.47. The third-order valence-electron chi connectivity index (χ3n) is 1.58. The van der Waals surface area contributed by atoms with Crippen LogP contribution in [0.2, 0.25) is 0 Å². The van der Waals surface area contributed by atoms with Crippen LogP contribution in [0.3, 0.4) is 0 Å². The Morgan fingerprint density at radius 3 is 3.00 bits per heavy atom. The van der Waals surface area contributed by atoms with Crippen LogP contribution >= 0.6 is 38.5 Å². The van der Waals surface area contributed by atoms with Gasteiger partial charge in [-0.3, -0.25) is 4.79 Å². The van der Waals surface area contributed by atoms with Gasteiger partial charge >= 0.3 is 0 Å². The molecule has 1 aromatic carbocycles. The fraction of sp³-hybridized carbons (Fsp3) is 0.100. The third-order valence-corrected chi connectivity index (χ3v) is 3.01. The maximum atomic E-state index is 11.6. The van der Waals surface area contributed by atoms with E-state index in [1.165, 1.54) is 0 Å². The molecule has 14 heavy (non-hydrogen) atoms. The van der Waals surface area contributed by atoms with Gasteiger partial charge in [-0.25, -0.2) is 0 Å². The molecule has 1 rings (SSSR count). The molecular formula is C10H9BrINO. The maximum Gasteiger partial charge on any atom is 0.252 e. The molecule has 0 fully saturated rings. The molecular weight excluding hydrogens is 357 g/mol. The highest BCUT2D eigenvalue weighted by Gasteiger charge is 2.08. The Hall–Kier alpha value is -0.360. The SMILES string of the molecule is C=CCNC(=O)c1cc(Br)ccc1I. The van der Waals surface area contributed by atoms with E-state index >= 15 is 0 Å². The molecule has 74 valence electrons. The van der Waals surface area contributed by atoms with E-state index in [4.69, 9.17) is 0 Å². The molecule has 0 saturated carbocycles. The first-order valence-electron chi connectivity index (χ1n) is 3.99. The number of hydrogen-bond donors (Lipinski definition) is 1. The molecule has 0 heterocycles. The molecule has 1 amide bonds. The van der Waals surface area contributed by atoms with Crippen LogP contribution in [-0.4, -0.2) is 12.5 Å². The highest BCUT2D eigenvalue weighted by atomic mass is 127. The van der Waals surface area contributed by atoms with Gasteiger partial charge in [0.1, 0.15) is 0 Å². The number of halogens is 2. The van der Waals surface area contributed by atoms with E-state index in [9.17, 15) is 4.79 Å². The summed E-state index contributed by atoms with van der Waals surface area (Å²) in [6, 6.07) is 5.61. The van der Waals surface area contributed by atoms with Gasteiger partial charge in [0.25, 0.3) is 5.91 Å². The van der Waals surface area contributed by atoms with Crippen molar-refractivity contribution >= 4 is 44.4 Å². The summed E-state index contributed by atoms with van der Waals surface area (Å²) in [5.74, 6) is -0.0735. The normalized spacial score (nSPS) is 9.57. The van der Waals surface area contributed by atoms with Crippen LogP contribution in [0.15, 0.2) is 35.3 Å². The summed E-state index contributed by atoms with van der Waals surface area (Å²) in [6.45, 7) is 4.03. The quantitative estimate of drug-likeness (QED) is 0.647. The smallest absolute Gasteiger partial charge is 0.252 e. The van der Waals surface area contributed by atoms with Gasteiger partial charge in [-0.05, 0) is 40.8 Å². The average Bonchev–Trinajstić information content (AvgIpc) is 2.18. The number of carbonyl (C=O) groups is 1. The lowest BCUT2D eigenvalue weighted by Gasteiger charge is -2.04. The first-order chi connectivity index (χ1) is 6.65. The van der Waals surface area contributed by atoms with Crippen molar-refractivity contribution in [1.82, 2.24) is 5.32 Å². The first kappa shape index (κ1) is 11.7. The Morgan fingerprint density at radius 1 is 1.64 bits per heavy atom. The maximum absolute atomic E-state index is 11.6. The zero-order valence-corrected chi connectivity index (χ0v) is 11.1. The largest absolute Gasteiger partial charge is 0.349 e. The lowest BCUT2D eigenvalue weighted by molar-refractivity contribution is 0.0957. The highest BCUT2D eigenvalue weighted by molar-refractivity contribution is 14.1. The predicted octanol–water partition coefficient (Wildman–Crippen LogP) is 2.97. The van der Waals surface area contributed by atoms with Crippen molar-refractivity contribution in [2.45, 2.75) is 0 Å². The highest BCUT2D eigenvalue weighted by Crippen LogP contribution is 2.18. The van der Waals surface area contributed by atoms with Crippen LogP contribution in [-0.2, 0) is 0 Å². The average molecular weight is 366 g/mol. The zero-order valence-electron chi connectivity index (χ0n) is 7.39. The van der Waals surface area contributed by atoms with Crippen molar-refractivity contribution in [3.05, 3.63) is 44.5 Å². The minimum atomic E-state index is -0.0735. The molecule has 4 heteroatoms. The number of nitrogens with one attached hydrogen (secondary N) is 1. The lowest BCUT2D eigenvalue weighted by atomic mass is 10.2. The number of hydrogen-bond acceptors (Lipinski definition) is 1. The van der Waals surface area contributed by atoms with Gasteiger partial charge in [0.2, 0.25) is 0 Å². The van der Waals surface area contributed by atoms with E-state index in [0.717, 1.165) is 8.04 Å². The Bertz CT molecular complexity index is 365. The van der Waals surface area contributed by atoms with Gasteiger partial charge < -0.3 is 5.32 Å². The molecule has 0 aliphatic rings. The molecule has 0 atom stereocenters. The summed E-state index contributed by atoms with van der Waals surface area (Å²) in [4.78, 5) is 11.6. The second-order valence-electron chi connectivity index (χ2n) is 2.62.